The molecular formula is C17H31NO2. The minimum atomic E-state index is 0.0963. The van der Waals surface area contributed by atoms with Gasteiger partial charge in [-0.05, 0) is 56.3 Å². The van der Waals surface area contributed by atoms with E-state index in [0.29, 0.717) is 12.0 Å². The Labute approximate surface area is 123 Å². The van der Waals surface area contributed by atoms with Crippen molar-refractivity contribution in [2.45, 2.75) is 69.9 Å². The largest absolute Gasteiger partial charge is 0.381 e. The van der Waals surface area contributed by atoms with Crippen LogP contribution < -0.4 is 5.73 Å². The van der Waals surface area contributed by atoms with Gasteiger partial charge in [0.25, 0.3) is 0 Å². The maximum atomic E-state index is 6.69. The van der Waals surface area contributed by atoms with Gasteiger partial charge >= 0.3 is 0 Å². The van der Waals surface area contributed by atoms with E-state index in [1.807, 2.05) is 0 Å². The fourth-order valence-corrected chi connectivity index (χ4v) is 4.70. The van der Waals surface area contributed by atoms with Crippen molar-refractivity contribution in [3.63, 3.8) is 0 Å². The summed E-state index contributed by atoms with van der Waals surface area (Å²) >= 11 is 0. The van der Waals surface area contributed by atoms with Crippen molar-refractivity contribution in [1.29, 1.82) is 0 Å². The van der Waals surface area contributed by atoms with E-state index in [0.717, 1.165) is 50.9 Å². The number of rotatable bonds is 2. The van der Waals surface area contributed by atoms with Crippen LogP contribution in [0.1, 0.15) is 58.3 Å². The van der Waals surface area contributed by atoms with E-state index < -0.39 is 0 Å². The van der Waals surface area contributed by atoms with Crippen LogP contribution in [0.4, 0.5) is 0 Å². The van der Waals surface area contributed by atoms with Gasteiger partial charge in [-0.2, -0.15) is 0 Å². The van der Waals surface area contributed by atoms with Gasteiger partial charge in [0.1, 0.15) is 0 Å². The molecule has 2 N–H and O–H groups in total. The van der Waals surface area contributed by atoms with Crippen LogP contribution in [-0.2, 0) is 9.47 Å². The van der Waals surface area contributed by atoms with Crippen LogP contribution in [0.15, 0.2) is 0 Å². The molecule has 2 aliphatic heterocycles. The van der Waals surface area contributed by atoms with Crippen LogP contribution in [0.2, 0.25) is 0 Å². The van der Waals surface area contributed by atoms with Gasteiger partial charge < -0.3 is 15.2 Å². The Morgan fingerprint density at radius 1 is 1.05 bits per heavy atom. The lowest BCUT2D eigenvalue weighted by Crippen LogP contribution is -2.50. The maximum Gasteiger partial charge on any atom is 0.0729 e. The van der Waals surface area contributed by atoms with Gasteiger partial charge in [0, 0.05) is 25.9 Å². The lowest BCUT2D eigenvalue weighted by atomic mass is 9.70. The molecule has 1 aliphatic carbocycles. The van der Waals surface area contributed by atoms with Crippen molar-refractivity contribution < 1.29 is 9.47 Å². The molecule has 3 fully saturated rings. The lowest BCUT2D eigenvalue weighted by molar-refractivity contribution is -0.151. The van der Waals surface area contributed by atoms with Crippen LogP contribution in [-0.4, -0.2) is 31.5 Å². The van der Waals surface area contributed by atoms with Crippen LogP contribution in [0, 0.1) is 17.8 Å². The zero-order valence-electron chi connectivity index (χ0n) is 13.0. The van der Waals surface area contributed by atoms with E-state index >= 15 is 0 Å². The first kappa shape index (κ1) is 14.8. The van der Waals surface area contributed by atoms with Crippen molar-refractivity contribution >= 4 is 0 Å². The molecule has 3 nitrogen and oxygen atoms in total. The Morgan fingerprint density at radius 3 is 2.60 bits per heavy atom. The van der Waals surface area contributed by atoms with Gasteiger partial charge in [-0.15, -0.1) is 0 Å². The molecule has 1 saturated carbocycles. The topological polar surface area (TPSA) is 44.5 Å². The summed E-state index contributed by atoms with van der Waals surface area (Å²) < 4.78 is 11.7. The Balaban J connectivity index is 1.60. The molecule has 0 amide bonds. The number of hydrogen-bond acceptors (Lipinski definition) is 3. The highest BCUT2D eigenvalue weighted by Crippen LogP contribution is 2.41. The molecule has 1 spiro atoms. The summed E-state index contributed by atoms with van der Waals surface area (Å²) in [6, 6.07) is 0.390. The smallest absolute Gasteiger partial charge is 0.0729 e. The van der Waals surface area contributed by atoms with Gasteiger partial charge in [0.2, 0.25) is 0 Å². The number of nitrogens with two attached hydrogens (primary N) is 1. The molecule has 0 aromatic rings. The average molecular weight is 281 g/mol. The highest BCUT2D eigenvalue weighted by atomic mass is 16.5. The summed E-state index contributed by atoms with van der Waals surface area (Å²) in [5.74, 6) is 2.28. The molecule has 3 heteroatoms. The van der Waals surface area contributed by atoms with Crippen LogP contribution in [0.5, 0.6) is 0 Å². The van der Waals surface area contributed by atoms with E-state index in [1.165, 1.54) is 32.1 Å². The van der Waals surface area contributed by atoms with E-state index in [2.05, 4.69) is 6.92 Å². The van der Waals surface area contributed by atoms with E-state index in [4.69, 9.17) is 15.2 Å². The van der Waals surface area contributed by atoms with E-state index in [9.17, 15) is 0 Å². The molecule has 2 saturated heterocycles. The number of ether oxygens (including phenoxy) is 2. The molecule has 4 unspecified atom stereocenters. The zero-order valence-corrected chi connectivity index (χ0v) is 13.0. The average Bonchev–Trinajstić information content (AvgIpc) is 2.47. The van der Waals surface area contributed by atoms with Gasteiger partial charge in [0.05, 0.1) is 5.60 Å². The Bertz CT molecular complexity index is 309. The van der Waals surface area contributed by atoms with Gasteiger partial charge in [-0.25, -0.2) is 0 Å². The first-order valence-corrected chi connectivity index (χ1v) is 8.66. The summed E-state index contributed by atoms with van der Waals surface area (Å²) in [4.78, 5) is 0. The molecule has 0 bridgehead atoms. The third-order valence-electron chi connectivity index (χ3n) is 6.00. The fourth-order valence-electron chi connectivity index (χ4n) is 4.70. The molecule has 4 atom stereocenters. The highest BCUT2D eigenvalue weighted by Gasteiger charge is 2.42. The Kier molecular flexibility index (Phi) is 4.68. The first-order valence-electron chi connectivity index (χ1n) is 8.66. The van der Waals surface area contributed by atoms with Crippen molar-refractivity contribution in [2.24, 2.45) is 23.5 Å². The monoisotopic (exact) mass is 281 g/mol. The SMILES string of the molecule is CC1CCCC(C(N)C2CCOC3(CCOCC3)C2)C1. The standard InChI is InChI=1S/C17H31NO2/c1-13-3-2-4-14(11-13)16(18)15-5-8-20-17(12-15)6-9-19-10-7-17/h13-16H,2-12,18H2,1H3. The molecule has 20 heavy (non-hydrogen) atoms. The molecule has 3 aliphatic rings. The third kappa shape index (κ3) is 3.20. The van der Waals surface area contributed by atoms with Crippen LogP contribution >= 0.6 is 0 Å². The summed E-state index contributed by atoms with van der Waals surface area (Å²) in [6.45, 7) is 5.02. The minimum Gasteiger partial charge on any atom is -0.381 e. The van der Waals surface area contributed by atoms with Crippen LogP contribution in [0.3, 0.4) is 0 Å². The summed E-state index contributed by atoms with van der Waals surface area (Å²) in [6.07, 6.45) is 9.93. The summed E-state index contributed by atoms with van der Waals surface area (Å²) in [7, 11) is 0. The molecule has 0 radical (unpaired) electrons. The quantitative estimate of drug-likeness (QED) is 0.846. The van der Waals surface area contributed by atoms with E-state index in [1.54, 1.807) is 0 Å². The van der Waals surface area contributed by atoms with E-state index in [-0.39, 0.29) is 5.60 Å². The lowest BCUT2D eigenvalue weighted by Gasteiger charge is -2.46. The second-order valence-electron chi connectivity index (χ2n) is 7.51. The van der Waals surface area contributed by atoms with Gasteiger partial charge in [0.15, 0.2) is 0 Å². The molecule has 3 rings (SSSR count). The van der Waals surface area contributed by atoms with Crippen molar-refractivity contribution in [2.75, 3.05) is 19.8 Å². The summed E-state index contributed by atoms with van der Waals surface area (Å²) in [5.41, 5.74) is 6.78. The second-order valence-corrected chi connectivity index (χ2v) is 7.51. The predicted octanol–water partition coefficient (Wildman–Crippen LogP) is 3.12. The number of hydrogen-bond donors (Lipinski definition) is 1. The Hall–Kier alpha value is -0.120. The molecule has 2 heterocycles. The second kappa shape index (κ2) is 6.33. The molecular weight excluding hydrogens is 250 g/mol. The third-order valence-corrected chi connectivity index (χ3v) is 6.00. The Morgan fingerprint density at radius 2 is 1.85 bits per heavy atom. The van der Waals surface area contributed by atoms with Crippen molar-refractivity contribution in [3.05, 3.63) is 0 Å². The van der Waals surface area contributed by atoms with Gasteiger partial charge in [-0.1, -0.05) is 19.8 Å². The van der Waals surface area contributed by atoms with Crippen molar-refractivity contribution in [1.82, 2.24) is 0 Å². The fraction of sp³-hybridized carbons (Fsp3) is 1.00. The van der Waals surface area contributed by atoms with Gasteiger partial charge in [-0.3, -0.25) is 0 Å². The zero-order chi connectivity index (χ0) is 14.0. The molecule has 0 aromatic carbocycles. The maximum absolute atomic E-state index is 6.69. The van der Waals surface area contributed by atoms with Crippen LogP contribution in [0.25, 0.3) is 0 Å². The normalized spacial score (nSPS) is 39.6. The van der Waals surface area contributed by atoms with Crippen molar-refractivity contribution in [3.8, 4) is 0 Å². The first-order chi connectivity index (χ1) is 9.69. The summed E-state index contributed by atoms with van der Waals surface area (Å²) in [5, 5.41) is 0. The molecule has 116 valence electrons. The predicted molar refractivity (Wildman–Crippen MR) is 80.6 cm³/mol. The highest BCUT2D eigenvalue weighted by molar-refractivity contribution is 4.94. The minimum absolute atomic E-state index is 0.0963. The molecule has 0 aromatic heterocycles.